The first-order valence-corrected chi connectivity index (χ1v) is 12.1. The molecule has 0 spiro atoms. The summed E-state index contributed by atoms with van der Waals surface area (Å²) < 4.78 is 1.82. The number of carbonyl (C=O) groups excluding carboxylic acids is 2. The quantitative estimate of drug-likeness (QED) is 0.441. The minimum absolute atomic E-state index is 0.175. The first-order valence-electron chi connectivity index (χ1n) is 10.9. The summed E-state index contributed by atoms with van der Waals surface area (Å²) in [7, 11) is 0. The number of benzene rings is 1. The van der Waals surface area contributed by atoms with E-state index in [1.807, 2.05) is 6.07 Å². The molecule has 2 rings (SSSR count). The molecule has 0 saturated heterocycles. The van der Waals surface area contributed by atoms with Gasteiger partial charge in [0, 0.05) is 34.6 Å². The van der Waals surface area contributed by atoms with Gasteiger partial charge in [0.1, 0.15) is 15.3 Å². The third kappa shape index (κ3) is 7.18. The number of thiazole rings is 1. The van der Waals surface area contributed by atoms with Gasteiger partial charge in [-0.3, -0.25) is 19.0 Å². The third-order valence-electron chi connectivity index (χ3n) is 4.83. The average molecular weight is 520 g/mol. The SMILES string of the molecule is CCn1c(=O)/c(=C\Nc2cc(Cl)cc(NC(=O)C(C)(C)C)c2)s/c1=C(/C#N)C(=O)NC(C)(C)CO. The van der Waals surface area contributed by atoms with Gasteiger partial charge in [-0.2, -0.15) is 5.26 Å². The van der Waals surface area contributed by atoms with E-state index in [-0.39, 0.29) is 39.4 Å². The Labute approximate surface area is 212 Å². The molecule has 9 nitrogen and oxygen atoms in total. The van der Waals surface area contributed by atoms with Gasteiger partial charge in [0.2, 0.25) is 5.91 Å². The Kier molecular flexibility index (Phi) is 8.89. The van der Waals surface area contributed by atoms with Gasteiger partial charge < -0.3 is 21.1 Å². The molecule has 188 valence electrons. The summed E-state index contributed by atoms with van der Waals surface area (Å²) >= 11 is 7.20. The molecule has 0 saturated carbocycles. The molecule has 2 amide bonds. The molecule has 0 fully saturated rings. The van der Waals surface area contributed by atoms with Gasteiger partial charge in [-0.1, -0.05) is 32.4 Å². The molecule has 0 atom stereocenters. The summed E-state index contributed by atoms with van der Waals surface area (Å²) in [5.74, 6) is -0.853. The number of nitrogens with one attached hydrogen (secondary N) is 3. The predicted molar refractivity (Wildman–Crippen MR) is 139 cm³/mol. The number of carbonyl (C=O) groups is 2. The summed E-state index contributed by atoms with van der Waals surface area (Å²) in [4.78, 5) is 37.9. The monoisotopic (exact) mass is 519 g/mol. The smallest absolute Gasteiger partial charge is 0.270 e. The minimum atomic E-state index is -0.934. The first-order chi connectivity index (χ1) is 16.2. The standard InChI is InChI=1S/C24H30ClN5O4S/c1-7-30-20(33)18(35-21(30)17(11-26)19(32)29-24(5,6)13-31)12-27-15-8-14(25)9-16(10-15)28-22(34)23(2,3)4/h8-10,12,27,31H,7,13H2,1-6H3,(H,28,34)(H,29,32)/b18-12+,21-17-. The van der Waals surface area contributed by atoms with Crippen LogP contribution in [-0.2, 0) is 16.1 Å². The second-order valence-corrected chi connectivity index (χ2v) is 11.0. The number of nitrogens with zero attached hydrogens (tertiary/aromatic N) is 2. The number of nitriles is 1. The van der Waals surface area contributed by atoms with Crippen molar-refractivity contribution < 1.29 is 14.7 Å². The highest BCUT2D eigenvalue weighted by atomic mass is 35.5. The van der Waals surface area contributed by atoms with Crippen LogP contribution in [0.2, 0.25) is 5.02 Å². The lowest BCUT2D eigenvalue weighted by atomic mass is 9.95. The number of halogens is 1. The van der Waals surface area contributed by atoms with Crippen molar-refractivity contribution in [2.75, 3.05) is 17.2 Å². The molecule has 1 aromatic carbocycles. The lowest BCUT2D eigenvalue weighted by molar-refractivity contribution is -0.123. The number of aliphatic hydroxyl groups is 1. The third-order valence-corrected chi connectivity index (χ3v) is 6.18. The van der Waals surface area contributed by atoms with Crippen molar-refractivity contribution in [1.82, 2.24) is 9.88 Å². The van der Waals surface area contributed by atoms with E-state index >= 15 is 0 Å². The number of hydrogen-bond donors (Lipinski definition) is 4. The zero-order chi connectivity index (χ0) is 26.6. The lowest BCUT2D eigenvalue weighted by Crippen LogP contribution is -2.47. The Bertz CT molecular complexity index is 1350. The maximum Gasteiger partial charge on any atom is 0.270 e. The fraction of sp³-hybridized carbons (Fsp3) is 0.417. The highest BCUT2D eigenvalue weighted by molar-refractivity contribution is 7.07. The van der Waals surface area contributed by atoms with E-state index in [4.69, 9.17) is 11.6 Å². The van der Waals surface area contributed by atoms with Crippen LogP contribution in [0.3, 0.4) is 0 Å². The topological polar surface area (TPSA) is 136 Å². The molecule has 0 radical (unpaired) electrons. The van der Waals surface area contributed by atoms with Crippen LogP contribution >= 0.6 is 22.9 Å². The van der Waals surface area contributed by atoms with Crippen molar-refractivity contribution >= 4 is 57.9 Å². The highest BCUT2D eigenvalue weighted by Gasteiger charge is 2.24. The van der Waals surface area contributed by atoms with Gasteiger partial charge in [0.15, 0.2) is 5.57 Å². The van der Waals surface area contributed by atoms with E-state index in [9.17, 15) is 24.8 Å². The summed E-state index contributed by atoms with van der Waals surface area (Å²) in [6.07, 6.45) is 1.47. The van der Waals surface area contributed by atoms with Crippen molar-refractivity contribution in [3.63, 3.8) is 0 Å². The zero-order valence-corrected chi connectivity index (χ0v) is 22.1. The van der Waals surface area contributed by atoms with Crippen LogP contribution in [0.1, 0.15) is 41.5 Å². The number of amides is 2. The molecule has 0 aliphatic rings. The van der Waals surface area contributed by atoms with E-state index in [1.165, 1.54) is 10.8 Å². The Balaban J connectivity index is 2.50. The maximum absolute atomic E-state index is 12.9. The summed E-state index contributed by atoms with van der Waals surface area (Å²) in [6, 6.07) is 6.81. The lowest BCUT2D eigenvalue weighted by Gasteiger charge is -2.22. The van der Waals surface area contributed by atoms with Gasteiger partial charge in [0.25, 0.3) is 11.5 Å². The van der Waals surface area contributed by atoms with E-state index in [2.05, 4.69) is 16.0 Å². The molecule has 1 aromatic heterocycles. The first kappa shape index (κ1) is 28.1. The Morgan fingerprint density at radius 2 is 1.83 bits per heavy atom. The van der Waals surface area contributed by atoms with E-state index < -0.39 is 16.9 Å². The van der Waals surface area contributed by atoms with Crippen molar-refractivity contribution in [1.29, 1.82) is 5.26 Å². The van der Waals surface area contributed by atoms with Crippen LogP contribution in [-0.4, -0.2) is 33.6 Å². The van der Waals surface area contributed by atoms with Crippen LogP contribution in [0.15, 0.2) is 23.0 Å². The molecule has 35 heavy (non-hydrogen) atoms. The van der Waals surface area contributed by atoms with Crippen LogP contribution in [0, 0.1) is 16.7 Å². The fourth-order valence-corrected chi connectivity index (χ4v) is 4.13. The molecular formula is C24H30ClN5O4S. The van der Waals surface area contributed by atoms with Gasteiger partial charge >= 0.3 is 0 Å². The molecule has 4 N–H and O–H groups in total. The van der Waals surface area contributed by atoms with E-state index in [0.717, 1.165) is 11.3 Å². The highest BCUT2D eigenvalue weighted by Crippen LogP contribution is 2.24. The van der Waals surface area contributed by atoms with Crippen LogP contribution in [0.4, 0.5) is 11.4 Å². The van der Waals surface area contributed by atoms with E-state index in [1.54, 1.807) is 59.7 Å². The molecular weight excluding hydrogens is 490 g/mol. The van der Waals surface area contributed by atoms with Crippen molar-refractivity contribution in [3.05, 3.63) is 42.8 Å². The van der Waals surface area contributed by atoms with Crippen LogP contribution < -0.4 is 30.7 Å². The summed E-state index contributed by atoms with van der Waals surface area (Å²) in [5.41, 5.74) is -1.08. The largest absolute Gasteiger partial charge is 0.394 e. The summed E-state index contributed by atoms with van der Waals surface area (Å²) in [5, 5.41) is 27.9. The Morgan fingerprint density at radius 3 is 2.37 bits per heavy atom. The second kappa shape index (κ2) is 11.1. The number of aliphatic hydroxyl groups excluding tert-OH is 1. The molecule has 2 aromatic rings. The molecule has 0 bridgehead atoms. The number of anilines is 2. The number of rotatable bonds is 7. The van der Waals surface area contributed by atoms with Gasteiger partial charge in [0.05, 0.1) is 12.1 Å². The van der Waals surface area contributed by atoms with Crippen LogP contribution in [0.5, 0.6) is 0 Å². The molecule has 11 heteroatoms. The Hall–Kier alpha value is -3.13. The summed E-state index contributed by atoms with van der Waals surface area (Å²) in [6.45, 7) is 10.3. The van der Waals surface area contributed by atoms with E-state index in [0.29, 0.717) is 16.4 Å². The van der Waals surface area contributed by atoms with Gasteiger partial charge in [-0.05, 0) is 39.0 Å². The van der Waals surface area contributed by atoms with Gasteiger partial charge in [-0.15, -0.1) is 11.3 Å². The van der Waals surface area contributed by atoms with Crippen molar-refractivity contribution in [2.24, 2.45) is 5.41 Å². The van der Waals surface area contributed by atoms with Gasteiger partial charge in [-0.25, -0.2) is 0 Å². The minimum Gasteiger partial charge on any atom is -0.394 e. The van der Waals surface area contributed by atoms with Crippen molar-refractivity contribution in [2.45, 2.75) is 53.6 Å². The maximum atomic E-state index is 12.9. The zero-order valence-electron chi connectivity index (χ0n) is 20.6. The average Bonchev–Trinajstić information content (AvgIpc) is 3.06. The molecule has 1 heterocycles. The number of aromatic nitrogens is 1. The molecule has 0 aliphatic heterocycles. The molecule has 0 aliphatic carbocycles. The van der Waals surface area contributed by atoms with Crippen LogP contribution in [0.25, 0.3) is 11.8 Å². The Morgan fingerprint density at radius 1 is 1.20 bits per heavy atom. The molecule has 0 unspecified atom stereocenters. The van der Waals surface area contributed by atoms with Crippen molar-refractivity contribution in [3.8, 4) is 6.07 Å². The fourth-order valence-electron chi connectivity index (χ4n) is 2.81. The number of hydrogen-bond acceptors (Lipinski definition) is 7. The normalized spacial score (nSPS) is 13.2. The second-order valence-electron chi connectivity index (χ2n) is 9.53. The predicted octanol–water partition coefficient (Wildman–Crippen LogP) is 1.98.